The fourth-order valence-electron chi connectivity index (χ4n) is 3.69. The van der Waals surface area contributed by atoms with E-state index in [2.05, 4.69) is 12.2 Å². The number of carbonyl (C=O) groups excluding carboxylic acids is 2. The van der Waals surface area contributed by atoms with Gasteiger partial charge in [0.05, 0.1) is 27.3 Å². The van der Waals surface area contributed by atoms with Gasteiger partial charge < -0.3 is 9.73 Å². The Bertz CT molecular complexity index is 1280. The van der Waals surface area contributed by atoms with E-state index in [0.29, 0.717) is 16.5 Å². The average Bonchev–Trinajstić information content (AvgIpc) is 3.34. The normalized spacial score (nSPS) is 16.0. The quantitative estimate of drug-likeness (QED) is 0.521. The lowest BCUT2D eigenvalue weighted by Crippen LogP contribution is -2.16. The maximum absolute atomic E-state index is 13.2. The van der Waals surface area contributed by atoms with Crippen molar-refractivity contribution < 1.29 is 22.4 Å². The molecule has 0 spiro atoms. The molecule has 1 aliphatic rings. The molecule has 1 amide bonds. The van der Waals surface area contributed by atoms with Crippen LogP contribution in [0.2, 0.25) is 5.02 Å². The van der Waals surface area contributed by atoms with E-state index in [0.717, 1.165) is 36.0 Å². The molecule has 162 valence electrons. The van der Waals surface area contributed by atoms with Gasteiger partial charge in [0, 0.05) is 11.1 Å². The lowest BCUT2D eigenvalue weighted by Gasteiger charge is -2.18. The van der Waals surface area contributed by atoms with Gasteiger partial charge in [-0.15, -0.1) is 11.3 Å². The summed E-state index contributed by atoms with van der Waals surface area (Å²) in [5, 5.41) is 3.35. The van der Waals surface area contributed by atoms with Crippen molar-refractivity contribution in [3.8, 4) is 0 Å². The zero-order valence-corrected chi connectivity index (χ0v) is 19.3. The van der Waals surface area contributed by atoms with E-state index in [-0.39, 0.29) is 27.0 Å². The summed E-state index contributed by atoms with van der Waals surface area (Å²) in [7, 11) is -3.51. The van der Waals surface area contributed by atoms with Crippen LogP contribution in [0.3, 0.4) is 0 Å². The third-order valence-electron chi connectivity index (χ3n) is 5.32. The molecule has 2 aromatic heterocycles. The van der Waals surface area contributed by atoms with Crippen molar-refractivity contribution in [2.45, 2.75) is 31.1 Å². The van der Waals surface area contributed by atoms with Gasteiger partial charge in [-0.1, -0.05) is 18.5 Å². The van der Waals surface area contributed by atoms with Gasteiger partial charge in [-0.25, -0.2) is 8.42 Å². The number of amides is 1. The maximum atomic E-state index is 13.2. The second-order valence-electron chi connectivity index (χ2n) is 7.73. The van der Waals surface area contributed by atoms with Crippen molar-refractivity contribution in [2.75, 3.05) is 11.6 Å². The number of rotatable bonds is 5. The van der Waals surface area contributed by atoms with Crippen LogP contribution in [0.5, 0.6) is 0 Å². The zero-order valence-electron chi connectivity index (χ0n) is 16.9. The summed E-state index contributed by atoms with van der Waals surface area (Å²) in [6.45, 7) is 2.16. The van der Waals surface area contributed by atoms with E-state index < -0.39 is 15.7 Å². The highest BCUT2D eigenvalue weighted by molar-refractivity contribution is 7.90. The Balaban J connectivity index is 1.75. The fraction of sp³-hybridized carbons (Fsp3) is 0.273. The summed E-state index contributed by atoms with van der Waals surface area (Å²) in [5.74, 6) is -0.173. The summed E-state index contributed by atoms with van der Waals surface area (Å²) in [6, 6.07) is 7.21. The van der Waals surface area contributed by atoms with Crippen LogP contribution in [0.1, 0.15) is 50.3 Å². The number of hydrogen-bond donors (Lipinski definition) is 1. The Hall–Kier alpha value is -2.42. The van der Waals surface area contributed by atoms with E-state index in [4.69, 9.17) is 16.0 Å². The van der Waals surface area contributed by atoms with Crippen LogP contribution in [0.4, 0.5) is 5.00 Å². The van der Waals surface area contributed by atoms with Crippen LogP contribution < -0.4 is 5.32 Å². The number of thiophene rings is 1. The van der Waals surface area contributed by atoms with Crippen LogP contribution >= 0.6 is 22.9 Å². The molecule has 4 rings (SSSR count). The van der Waals surface area contributed by atoms with Crippen molar-refractivity contribution in [1.29, 1.82) is 0 Å². The average molecular weight is 478 g/mol. The van der Waals surface area contributed by atoms with Gasteiger partial charge in [0.15, 0.2) is 15.6 Å². The molecule has 0 saturated heterocycles. The molecular weight excluding hydrogens is 458 g/mol. The SMILES string of the molecule is CC1CCc2c(sc(NC(=O)c3cc(S(C)(=O)=O)ccc3Cl)c2C(=O)c2ccco2)C1. The summed E-state index contributed by atoms with van der Waals surface area (Å²) in [5.41, 5.74) is 1.40. The van der Waals surface area contributed by atoms with Gasteiger partial charge in [-0.05, 0) is 61.1 Å². The van der Waals surface area contributed by atoms with Gasteiger partial charge in [0.25, 0.3) is 5.91 Å². The summed E-state index contributed by atoms with van der Waals surface area (Å²) in [4.78, 5) is 27.3. The lowest BCUT2D eigenvalue weighted by molar-refractivity contribution is 0.101. The first-order valence-electron chi connectivity index (χ1n) is 9.69. The molecule has 0 aliphatic heterocycles. The Morgan fingerprint density at radius 2 is 2.03 bits per heavy atom. The number of sulfone groups is 1. The lowest BCUT2D eigenvalue weighted by atomic mass is 9.87. The summed E-state index contributed by atoms with van der Waals surface area (Å²) >= 11 is 7.55. The van der Waals surface area contributed by atoms with Gasteiger partial charge in [-0.3, -0.25) is 9.59 Å². The van der Waals surface area contributed by atoms with Crippen LogP contribution in [-0.2, 0) is 22.7 Å². The Morgan fingerprint density at radius 3 is 2.71 bits per heavy atom. The number of halogens is 1. The molecule has 0 fully saturated rings. The molecule has 9 heteroatoms. The van der Waals surface area contributed by atoms with Gasteiger partial charge >= 0.3 is 0 Å². The van der Waals surface area contributed by atoms with E-state index >= 15 is 0 Å². The van der Waals surface area contributed by atoms with Gasteiger partial charge in [-0.2, -0.15) is 0 Å². The highest BCUT2D eigenvalue weighted by atomic mass is 35.5. The van der Waals surface area contributed by atoms with Crippen molar-refractivity contribution in [1.82, 2.24) is 0 Å². The van der Waals surface area contributed by atoms with Crippen molar-refractivity contribution in [3.63, 3.8) is 0 Å². The number of anilines is 1. The minimum atomic E-state index is -3.51. The molecule has 0 bridgehead atoms. The predicted molar refractivity (Wildman–Crippen MR) is 120 cm³/mol. The Morgan fingerprint density at radius 1 is 1.26 bits per heavy atom. The number of fused-ring (bicyclic) bond motifs is 1. The molecule has 1 atom stereocenters. The molecule has 2 heterocycles. The molecule has 0 radical (unpaired) electrons. The van der Waals surface area contributed by atoms with Crippen LogP contribution in [0, 0.1) is 5.92 Å². The van der Waals surface area contributed by atoms with Crippen LogP contribution in [0.15, 0.2) is 45.9 Å². The number of carbonyl (C=O) groups is 2. The highest BCUT2D eigenvalue weighted by Gasteiger charge is 2.30. The standard InChI is InChI=1S/C22H20ClNO5S2/c1-12-5-7-14-18(10-12)30-22(19(14)20(25)17-4-3-9-29-17)24-21(26)15-11-13(31(2,27)28)6-8-16(15)23/h3-4,6,8-9,11-12H,5,7,10H2,1-2H3,(H,24,26). The summed E-state index contributed by atoms with van der Waals surface area (Å²) < 4.78 is 29.1. The third kappa shape index (κ3) is 4.33. The molecule has 1 aromatic carbocycles. The van der Waals surface area contributed by atoms with Crippen molar-refractivity contribution in [3.05, 3.63) is 68.9 Å². The molecule has 1 unspecified atom stereocenters. The van der Waals surface area contributed by atoms with Gasteiger partial charge in [0.2, 0.25) is 5.78 Å². The second-order valence-corrected chi connectivity index (χ2v) is 11.3. The topological polar surface area (TPSA) is 93.5 Å². The molecule has 6 nitrogen and oxygen atoms in total. The van der Waals surface area contributed by atoms with Crippen molar-refractivity contribution in [2.24, 2.45) is 5.92 Å². The number of benzene rings is 1. The Kier molecular flexibility index (Phi) is 5.81. The number of furan rings is 1. The minimum Gasteiger partial charge on any atom is -0.461 e. The third-order valence-corrected chi connectivity index (χ3v) is 7.93. The highest BCUT2D eigenvalue weighted by Crippen LogP contribution is 2.41. The fourth-order valence-corrected chi connectivity index (χ4v) is 5.94. The number of hydrogen-bond acceptors (Lipinski definition) is 6. The Labute approximate surface area is 189 Å². The largest absolute Gasteiger partial charge is 0.461 e. The predicted octanol–water partition coefficient (Wildman–Crippen LogP) is 5.01. The smallest absolute Gasteiger partial charge is 0.257 e. The summed E-state index contributed by atoms with van der Waals surface area (Å²) in [6.07, 6.45) is 5.03. The maximum Gasteiger partial charge on any atom is 0.257 e. The van der Waals surface area contributed by atoms with Crippen LogP contribution in [-0.4, -0.2) is 26.4 Å². The van der Waals surface area contributed by atoms with Crippen molar-refractivity contribution >= 4 is 49.5 Å². The number of nitrogens with one attached hydrogen (secondary N) is 1. The second kappa shape index (κ2) is 8.26. The number of ketones is 1. The molecule has 31 heavy (non-hydrogen) atoms. The molecular formula is C22H20ClNO5S2. The monoisotopic (exact) mass is 477 g/mol. The first-order valence-corrected chi connectivity index (χ1v) is 12.8. The molecule has 1 aliphatic carbocycles. The van der Waals surface area contributed by atoms with Gasteiger partial charge in [0.1, 0.15) is 5.00 Å². The molecule has 1 N–H and O–H groups in total. The molecule has 0 saturated carbocycles. The first-order chi connectivity index (χ1) is 14.6. The first kappa shape index (κ1) is 21.8. The zero-order chi connectivity index (χ0) is 22.3. The minimum absolute atomic E-state index is 0.00626. The molecule has 3 aromatic rings. The van der Waals surface area contributed by atoms with E-state index in [9.17, 15) is 18.0 Å². The van der Waals surface area contributed by atoms with E-state index in [1.165, 1.54) is 35.8 Å². The van der Waals surface area contributed by atoms with E-state index in [1.807, 2.05) is 0 Å². The van der Waals surface area contributed by atoms with E-state index in [1.54, 1.807) is 12.1 Å². The van der Waals surface area contributed by atoms with Crippen LogP contribution in [0.25, 0.3) is 0 Å².